The lowest BCUT2D eigenvalue weighted by molar-refractivity contribution is 0.444. The van der Waals surface area contributed by atoms with E-state index in [2.05, 4.69) is 158 Å². The number of hydrogen-bond acceptors (Lipinski definition) is 0. The van der Waals surface area contributed by atoms with Gasteiger partial charge in [0, 0.05) is 6.16 Å². The SMILES string of the molecule is c1ccc(PCc2cc3ccccc3c(-c3c(C4CCCCC4)ccc4ccccc34)c2CP(c2ccccc2)c2ccccc2)cc1. The smallest absolute Gasteiger partial charge is 0.00167 e. The number of hydrogen-bond donors (Lipinski definition) is 0. The standard InChI is InChI=1S/C46H42P2/c1-5-17-34(18-6-1)43-30-29-35-19-13-15-27-41(35)45(43)46-42-28-16-14-20-36(42)31-37(32-47-38-21-7-2-8-22-38)44(46)33-48(39-23-9-3-10-24-39)40-25-11-4-12-26-40/h2-4,7-16,19-31,34,47H,1,5-6,17-18,32-33H2. The highest BCUT2D eigenvalue weighted by Gasteiger charge is 2.27. The highest BCUT2D eigenvalue weighted by atomic mass is 31.1. The minimum atomic E-state index is -0.635. The van der Waals surface area contributed by atoms with Crippen LogP contribution in [-0.4, -0.2) is 0 Å². The molecule has 0 aromatic heterocycles. The lowest BCUT2D eigenvalue weighted by atomic mass is 9.77. The lowest BCUT2D eigenvalue weighted by Crippen LogP contribution is -2.14. The summed E-state index contributed by atoms with van der Waals surface area (Å²) >= 11 is 0. The van der Waals surface area contributed by atoms with Gasteiger partial charge in [0.25, 0.3) is 0 Å². The number of benzene rings is 7. The van der Waals surface area contributed by atoms with Crippen molar-refractivity contribution in [2.75, 3.05) is 0 Å². The maximum absolute atomic E-state index is 2.54. The van der Waals surface area contributed by atoms with Crippen LogP contribution in [0.4, 0.5) is 0 Å². The molecule has 7 aromatic rings. The molecule has 48 heavy (non-hydrogen) atoms. The molecular weight excluding hydrogens is 614 g/mol. The highest BCUT2D eigenvalue weighted by Crippen LogP contribution is 2.49. The fraction of sp³-hybridized carbons (Fsp3) is 0.174. The van der Waals surface area contributed by atoms with Crippen molar-refractivity contribution < 1.29 is 0 Å². The van der Waals surface area contributed by atoms with Gasteiger partial charge < -0.3 is 0 Å². The van der Waals surface area contributed by atoms with Crippen molar-refractivity contribution in [2.45, 2.75) is 50.3 Å². The van der Waals surface area contributed by atoms with Gasteiger partial charge in [0.1, 0.15) is 0 Å². The molecule has 0 bridgehead atoms. The first kappa shape index (κ1) is 31.2. The Bertz CT molecular complexity index is 2090. The molecule has 1 atom stereocenters. The van der Waals surface area contributed by atoms with Gasteiger partial charge in [0.2, 0.25) is 0 Å². The zero-order valence-electron chi connectivity index (χ0n) is 27.5. The van der Waals surface area contributed by atoms with Crippen molar-refractivity contribution in [1.29, 1.82) is 0 Å². The van der Waals surface area contributed by atoms with E-state index in [1.54, 1.807) is 11.1 Å². The van der Waals surface area contributed by atoms with Crippen molar-refractivity contribution in [3.05, 3.63) is 174 Å². The Morgan fingerprint density at radius 1 is 0.521 bits per heavy atom. The van der Waals surface area contributed by atoms with Gasteiger partial charge in [0.15, 0.2) is 0 Å². The quantitative estimate of drug-likeness (QED) is 0.136. The van der Waals surface area contributed by atoms with Gasteiger partial charge in [-0.05, 0) is 98.1 Å². The lowest BCUT2D eigenvalue weighted by Gasteiger charge is -2.29. The predicted octanol–water partition coefficient (Wildman–Crippen LogP) is 11.8. The Kier molecular flexibility index (Phi) is 9.48. The second kappa shape index (κ2) is 14.6. The molecule has 236 valence electrons. The second-order valence-corrected chi connectivity index (χ2v) is 16.7. The van der Waals surface area contributed by atoms with Crippen LogP contribution in [0, 0.1) is 0 Å². The molecule has 0 heterocycles. The third kappa shape index (κ3) is 6.50. The van der Waals surface area contributed by atoms with E-state index in [0.717, 1.165) is 20.9 Å². The van der Waals surface area contributed by atoms with E-state index in [1.807, 2.05) is 0 Å². The average Bonchev–Trinajstić information content (AvgIpc) is 3.17. The topological polar surface area (TPSA) is 0 Å². The molecule has 0 nitrogen and oxygen atoms in total. The molecule has 0 saturated heterocycles. The Morgan fingerprint density at radius 2 is 1.08 bits per heavy atom. The van der Waals surface area contributed by atoms with Crippen LogP contribution in [0.2, 0.25) is 0 Å². The molecular formula is C46H42P2. The molecule has 0 N–H and O–H groups in total. The molecule has 1 fully saturated rings. The summed E-state index contributed by atoms with van der Waals surface area (Å²) in [6.45, 7) is 0. The average molecular weight is 657 g/mol. The van der Waals surface area contributed by atoms with Crippen LogP contribution in [0.15, 0.2) is 158 Å². The van der Waals surface area contributed by atoms with E-state index in [-0.39, 0.29) is 0 Å². The third-order valence-electron chi connectivity index (χ3n) is 10.2. The summed E-state index contributed by atoms with van der Waals surface area (Å²) in [5.74, 6) is 0.601. The fourth-order valence-corrected chi connectivity index (χ4v) is 11.4. The van der Waals surface area contributed by atoms with E-state index in [4.69, 9.17) is 0 Å². The third-order valence-corrected chi connectivity index (χ3v) is 14.0. The van der Waals surface area contributed by atoms with Gasteiger partial charge in [-0.1, -0.05) is 186 Å². The van der Waals surface area contributed by atoms with Gasteiger partial charge in [-0.2, -0.15) is 0 Å². The Balaban J connectivity index is 1.42. The molecule has 1 aliphatic carbocycles. The first-order chi connectivity index (χ1) is 23.8. The van der Waals surface area contributed by atoms with Crippen molar-refractivity contribution in [3.63, 3.8) is 0 Å². The zero-order chi connectivity index (χ0) is 32.1. The molecule has 0 spiro atoms. The summed E-state index contributed by atoms with van der Waals surface area (Å²) in [4.78, 5) is 0. The van der Waals surface area contributed by atoms with Gasteiger partial charge in [-0.25, -0.2) is 0 Å². The van der Waals surface area contributed by atoms with Crippen molar-refractivity contribution >= 4 is 54.0 Å². The molecule has 8 rings (SSSR count). The van der Waals surface area contributed by atoms with Crippen molar-refractivity contribution in [3.8, 4) is 11.1 Å². The minimum absolute atomic E-state index is 0.601. The van der Waals surface area contributed by atoms with Crippen LogP contribution >= 0.6 is 16.5 Å². The Hall–Kier alpha value is -4.08. The summed E-state index contributed by atoms with van der Waals surface area (Å²) in [5, 5.41) is 9.81. The van der Waals surface area contributed by atoms with Crippen LogP contribution in [0.5, 0.6) is 0 Å². The van der Waals surface area contributed by atoms with E-state index < -0.39 is 7.92 Å². The number of rotatable bonds is 9. The summed E-state index contributed by atoms with van der Waals surface area (Å²) in [6, 6.07) is 59.5. The van der Waals surface area contributed by atoms with Crippen LogP contribution in [-0.2, 0) is 12.3 Å². The van der Waals surface area contributed by atoms with Gasteiger partial charge >= 0.3 is 0 Å². The molecule has 7 aromatic carbocycles. The summed E-state index contributed by atoms with van der Waals surface area (Å²) in [6.07, 6.45) is 8.66. The van der Waals surface area contributed by atoms with E-state index in [9.17, 15) is 0 Å². The second-order valence-electron chi connectivity index (χ2n) is 13.2. The highest BCUT2D eigenvalue weighted by molar-refractivity contribution is 7.72. The maximum atomic E-state index is 2.54. The molecule has 0 radical (unpaired) electrons. The first-order valence-corrected chi connectivity index (χ1v) is 20.3. The van der Waals surface area contributed by atoms with E-state index in [1.165, 1.54) is 86.3 Å². The van der Waals surface area contributed by atoms with E-state index in [0.29, 0.717) is 5.92 Å². The van der Waals surface area contributed by atoms with Gasteiger partial charge in [0.05, 0.1) is 0 Å². The van der Waals surface area contributed by atoms with Gasteiger partial charge in [-0.15, -0.1) is 0 Å². The van der Waals surface area contributed by atoms with Crippen LogP contribution in [0.1, 0.15) is 54.7 Å². The summed E-state index contributed by atoms with van der Waals surface area (Å²) in [5.41, 5.74) is 7.59. The van der Waals surface area contributed by atoms with Crippen LogP contribution in [0.25, 0.3) is 32.7 Å². The first-order valence-electron chi connectivity index (χ1n) is 17.6. The Labute approximate surface area is 288 Å². The Morgan fingerprint density at radius 3 is 1.75 bits per heavy atom. The zero-order valence-corrected chi connectivity index (χ0v) is 29.4. The largest absolute Gasteiger partial charge is 0.0859 e. The fourth-order valence-electron chi connectivity index (χ4n) is 7.85. The van der Waals surface area contributed by atoms with Crippen LogP contribution in [0.3, 0.4) is 0 Å². The molecule has 2 heteroatoms. The summed E-state index contributed by atoms with van der Waals surface area (Å²) in [7, 11) is 0.0888. The minimum Gasteiger partial charge on any atom is -0.0859 e. The summed E-state index contributed by atoms with van der Waals surface area (Å²) < 4.78 is 0. The van der Waals surface area contributed by atoms with Crippen molar-refractivity contribution in [2.24, 2.45) is 0 Å². The molecule has 0 aliphatic heterocycles. The predicted molar refractivity (Wildman–Crippen MR) is 214 cm³/mol. The molecule has 1 saturated carbocycles. The number of fused-ring (bicyclic) bond motifs is 2. The van der Waals surface area contributed by atoms with Crippen LogP contribution < -0.4 is 15.9 Å². The maximum Gasteiger partial charge on any atom is 0.00167 e. The van der Waals surface area contributed by atoms with Gasteiger partial charge in [-0.3, -0.25) is 0 Å². The van der Waals surface area contributed by atoms with E-state index >= 15 is 0 Å². The molecule has 1 aliphatic rings. The monoisotopic (exact) mass is 656 g/mol. The normalized spacial score (nSPS) is 14.0. The molecule has 0 amide bonds. The molecule has 1 unspecified atom stereocenters. The van der Waals surface area contributed by atoms with Crippen molar-refractivity contribution in [1.82, 2.24) is 0 Å².